The molecule has 2 aromatic rings. The van der Waals surface area contributed by atoms with Crippen LogP contribution in [0, 0.1) is 10.1 Å². The van der Waals surface area contributed by atoms with Crippen LogP contribution in [-0.2, 0) is 0 Å². The van der Waals surface area contributed by atoms with Gasteiger partial charge in [0.15, 0.2) is 0 Å². The second-order valence-corrected chi connectivity index (χ2v) is 7.33. The van der Waals surface area contributed by atoms with E-state index in [-0.39, 0.29) is 22.3 Å². The third kappa shape index (κ3) is 3.24. The van der Waals surface area contributed by atoms with Crippen molar-refractivity contribution in [1.82, 2.24) is 4.90 Å². The zero-order valence-corrected chi connectivity index (χ0v) is 14.9. The molecule has 6 heteroatoms. The molecule has 2 aliphatic heterocycles. The molecule has 0 amide bonds. The van der Waals surface area contributed by atoms with Crippen molar-refractivity contribution < 1.29 is 9.66 Å². The quantitative estimate of drug-likeness (QED) is 0.667. The molecule has 0 bridgehead atoms. The molecule has 1 fully saturated rings. The third-order valence-corrected chi connectivity index (χ3v) is 5.51. The molecule has 1 spiro atoms. The third-order valence-electron chi connectivity index (χ3n) is 5.51. The van der Waals surface area contributed by atoms with Crippen molar-refractivity contribution in [3.05, 3.63) is 64.2 Å². The van der Waals surface area contributed by atoms with E-state index >= 15 is 0 Å². The van der Waals surface area contributed by atoms with E-state index in [1.807, 2.05) is 18.2 Å². The summed E-state index contributed by atoms with van der Waals surface area (Å²) in [5.74, 6) is 0.947. The minimum atomic E-state index is -0.374. The van der Waals surface area contributed by atoms with Crippen LogP contribution in [0.3, 0.4) is 0 Å². The number of fused-ring (bicyclic) bond motifs is 1. The maximum Gasteiger partial charge on any atom is 0.269 e. The summed E-state index contributed by atoms with van der Waals surface area (Å²) in [5, 5.41) is 14.4. The number of anilines is 1. The molecule has 6 nitrogen and oxygen atoms in total. The van der Waals surface area contributed by atoms with Gasteiger partial charge in [-0.15, -0.1) is 0 Å². The Labute approximate surface area is 152 Å². The van der Waals surface area contributed by atoms with Gasteiger partial charge in [-0.05, 0) is 38.1 Å². The van der Waals surface area contributed by atoms with E-state index in [9.17, 15) is 10.1 Å². The Hall–Kier alpha value is -2.60. The first-order valence-electron chi connectivity index (χ1n) is 9.02. The summed E-state index contributed by atoms with van der Waals surface area (Å²) in [4.78, 5) is 12.8. The Kier molecular flexibility index (Phi) is 4.28. The number of hydrogen-bond donors (Lipinski definition) is 1. The molecule has 2 heterocycles. The standard InChI is InChI=1S/C20H23N3O3/c1-22-12-10-20(11-13-22)14-18(17-4-2-3-5-19(17)26-20)21-15-6-8-16(9-7-15)23(24)25/h2-9,18,21H,10-14H2,1H3. The summed E-state index contributed by atoms with van der Waals surface area (Å²) >= 11 is 0. The predicted molar refractivity (Wildman–Crippen MR) is 101 cm³/mol. The van der Waals surface area contributed by atoms with Crippen LogP contribution in [0.4, 0.5) is 11.4 Å². The molecule has 0 saturated carbocycles. The summed E-state index contributed by atoms with van der Waals surface area (Å²) in [6, 6.07) is 14.9. The zero-order valence-electron chi connectivity index (χ0n) is 14.9. The van der Waals surface area contributed by atoms with E-state index < -0.39 is 0 Å². The Bertz CT molecular complexity index is 798. The van der Waals surface area contributed by atoms with Crippen LogP contribution in [-0.4, -0.2) is 35.6 Å². The first kappa shape index (κ1) is 16.8. The van der Waals surface area contributed by atoms with Crippen molar-refractivity contribution in [2.24, 2.45) is 0 Å². The SMILES string of the molecule is CN1CCC2(CC1)CC(Nc1ccc([N+](=O)[O-])cc1)c1ccccc1O2. The molecule has 0 radical (unpaired) electrons. The van der Waals surface area contributed by atoms with Crippen molar-refractivity contribution in [3.8, 4) is 5.75 Å². The Morgan fingerprint density at radius 2 is 1.85 bits per heavy atom. The molecule has 1 saturated heterocycles. The highest BCUT2D eigenvalue weighted by Crippen LogP contribution is 2.45. The molecule has 0 aromatic heterocycles. The molecular weight excluding hydrogens is 330 g/mol. The van der Waals surface area contributed by atoms with Gasteiger partial charge < -0.3 is 15.0 Å². The molecule has 0 aliphatic carbocycles. The van der Waals surface area contributed by atoms with Crippen LogP contribution >= 0.6 is 0 Å². The average Bonchev–Trinajstić information content (AvgIpc) is 2.65. The van der Waals surface area contributed by atoms with Crippen LogP contribution in [0.1, 0.15) is 30.9 Å². The number of nitro groups is 1. The lowest BCUT2D eigenvalue weighted by Crippen LogP contribution is -2.50. The smallest absolute Gasteiger partial charge is 0.269 e. The van der Waals surface area contributed by atoms with Crippen molar-refractivity contribution in [2.45, 2.75) is 30.9 Å². The molecule has 136 valence electrons. The van der Waals surface area contributed by atoms with E-state index in [0.717, 1.165) is 49.4 Å². The summed E-state index contributed by atoms with van der Waals surface area (Å²) < 4.78 is 6.47. The lowest BCUT2D eigenvalue weighted by molar-refractivity contribution is -0.384. The highest BCUT2D eigenvalue weighted by Gasteiger charge is 2.42. The molecule has 1 N–H and O–H groups in total. The summed E-state index contributed by atoms with van der Waals surface area (Å²) in [5.41, 5.74) is 2.00. The molecule has 1 atom stereocenters. The van der Waals surface area contributed by atoms with E-state index in [0.29, 0.717) is 0 Å². The number of nitro benzene ring substituents is 1. The largest absolute Gasteiger partial charge is 0.487 e. The lowest BCUT2D eigenvalue weighted by Gasteiger charge is -2.46. The Morgan fingerprint density at radius 1 is 1.15 bits per heavy atom. The molecule has 2 aromatic carbocycles. The van der Waals surface area contributed by atoms with Crippen molar-refractivity contribution >= 4 is 11.4 Å². The van der Waals surface area contributed by atoms with Crippen molar-refractivity contribution in [2.75, 3.05) is 25.5 Å². The normalized spacial score (nSPS) is 21.7. The number of nitrogens with zero attached hydrogens (tertiary/aromatic N) is 2. The second kappa shape index (κ2) is 6.61. The zero-order chi connectivity index (χ0) is 18.1. The van der Waals surface area contributed by atoms with Gasteiger partial charge >= 0.3 is 0 Å². The first-order valence-corrected chi connectivity index (χ1v) is 9.02. The van der Waals surface area contributed by atoms with Crippen molar-refractivity contribution in [1.29, 1.82) is 0 Å². The number of non-ortho nitro benzene ring substituents is 1. The van der Waals surface area contributed by atoms with E-state index in [1.54, 1.807) is 24.3 Å². The molecule has 4 rings (SSSR count). The summed E-state index contributed by atoms with van der Waals surface area (Å²) in [7, 11) is 2.15. The Morgan fingerprint density at radius 3 is 2.54 bits per heavy atom. The predicted octanol–water partition coefficient (Wildman–Crippen LogP) is 3.99. The number of benzene rings is 2. The highest BCUT2D eigenvalue weighted by molar-refractivity contribution is 5.52. The fraction of sp³-hybridized carbons (Fsp3) is 0.400. The number of rotatable bonds is 3. The number of nitrogens with one attached hydrogen (secondary N) is 1. The second-order valence-electron chi connectivity index (χ2n) is 7.33. The minimum Gasteiger partial charge on any atom is -0.487 e. The van der Waals surface area contributed by atoms with E-state index in [1.165, 1.54) is 0 Å². The van der Waals surface area contributed by atoms with Gasteiger partial charge in [0.2, 0.25) is 0 Å². The summed E-state index contributed by atoms with van der Waals surface area (Å²) in [6.07, 6.45) is 2.92. The van der Waals surface area contributed by atoms with Crippen LogP contribution in [0.15, 0.2) is 48.5 Å². The van der Waals surface area contributed by atoms with Gasteiger partial charge in [0.25, 0.3) is 5.69 Å². The van der Waals surface area contributed by atoms with Crippen LogP contribution in [0.2, 0.25) is 0 Å². The van der Waals surface area contributed by atoms with Gasteiger partial charge in [-0.1, -0.05) is 18.2 Å². The number of para-hydroxylation sites is 1. The highest BCUT2D eigenvalue weighted by atomic mass is 16.6. The van der Waals surface area contributed by atoms with Gasteiger partial charge in [0, 0.05) is 42.9 Å². The van der Waals surface area contributed by atoms with Gasteiger partial charge in [-0.3, -0.25) is 10.1 Å². The molecule has 26 heavy (non-hydrogen) atoms. The monoisotopic (exact) mass is 353 g/mol. The fourth-order valence-electron chi connectivity index (χ4n) is 3.96. The first-order chi connectivity index (χ1) is 12.5. The summed E-state index contributed by atoms with van der Waals surface area (Å²) in [6.45, 7) is 2.07. The van der Waals surface area contributed by atoms with Crippen LogP contribution < -0.4 is 10.1 Å². The van der Waals surface area contributed by atoms with Crippen LogP contribution in [0.5, 0.6) is 5.75 Å². The fourth-order valence-corrected chi connectivity index (χ4v) is 3.96. The van der Waals surface area contributed by atoms with Crippen molar-refractivity contribution in [3.63, 3.8) is 0 Å². The van der Waals surface area contributed by atoms with Gasteiger partial charge in [-0.25, -0.2) is 0 Å². The van der Waals surface area contributed by atoms with Gasteiger partial charge in [0.05, 0.1) is 11.0 Å². The Balaban J connectivity index is 1.60. The van der Waals surface area contributed by atoms with E-state index in [2.05, 4.69) is 23.3 Å². The lowest BCUT2D eigenvalue weighted by atomic mass is 9.80. The number of likely N-dealkylation sites (tertiary alicyclic amines) is 1. The van der Waals surface area contributed by atoms with Gasteiger partial charge in [0.1, 0.15) is 11.4 Å². The maximum atomic E-state index is 10.9. The minimum absolute atomic E-state index is 0.106. The maximum absolute atomic E-state index is 10.9. The van der Waals surface area contributed by atoms with Gasteiger partial charge in [-0.2, -0.15) is 0 Å². The van der Waals surface area contributed by atoms with E-state index in [4.69, 9.17) is 4.74 Å². The number of ether oxygens (including phenoxy) is 1. The van der Waals surface area contributed by atoms with Crippen LogP contribution in [0.25, 0.3) is 0 Å². The topological polar surface area (TPSA) is 67.6 Å². The average molecular weight is 353 g/mol. The number of hydrogen-bond acceptors (Lipinski definition) is 5. The molecule has 2 aliphatic rings. The molecule has 1 unspecified atom stereocenters. The molecular formula is C20H23N3O3. The number of piperidine rings is 1.